The molecule has 1 saturated heterocycles. The smallest absolute Gasteiger partial charge is 0.217 e. The van der Waals surface area contributed by atoms with Gasteiger partial charge < -0.3 is 25.5 Å². The summed E-state index contributed by atoms with van der Waals surface area (Å²) in [6, 6.07) is 12.1. The van der Waals surface area contributed by atoms with Gasteiger partial charge in [0.1, 0.15) is 22.9 Å². The van der Waals surface area contributed by atoms with E-state index in [1.54, 1.807) is 13.8 Å². The van der Waals surface area contributed by atoms with Crippen molar-refractivity contribution in [1.29, 1.82) is 0 Å². The summed E-state index contributed by atoms with van der Waals surface area (Å²) in [4.78, 5) is 9.48. The summed E-state index contributed by atoms with van der Waals surface area (Å²) in [6.07, 6.45) is 1.86. The van der Waals surface area contributed by atoms with Crippen LogP contribution in [0.1, 0.15) is 51.0 Å². The number of imidazole rings is 1. The zero-order chi connectivity index (χ0) is 25.3. The summed E-state index contributed by atoms with van der Waals surface area (Å²) in [7, 11) is 0. The molecule has 1 fully saturated rings. The van der Waals surface area contributed by atoms with E-state index < -0.39 is 5.60 Å². The van der Waals surface area contributed by atoms with Gasteiger partial charge in [-0.05, 0) is 62.0 Å². The van der Waals surface area contributed by atoms with Crippen LogP contribution in [0.3, 0.4) is 0 Å². The first-order valence-electron chi connectivity index (χ1n) is 12.0. The van der Waals surface area contributed by atoms with E-state index in [2.05, 4.69) is 39.6 Å². The first kappa shape index (κ1) is 23.8. The first-order valence-corrected chi connectivity index (χ1v) is 12.0. The lowest BCUT2D eigenvalue weighted by atomic mass is 10.0. The lowest BCUT2D eigenvalue weighted by Crippen LogP contribution is -2.32. The highest BCUT2D eigenvalue weighted by molar-refractivity contribution is 5.86. The van der Waals surface area contributed by atoms with Crippen molar-refractivity contribution >= 4 is 16.9 Å². The van der Waals surface area contributed by atoms with Gasteiger partial charge in [-0.3, -0.25) is 0 Å². The van der Waals surface area contributed by atoms with Gasteiger partial charge >= 0.3 is 0 Å². The van der Waals surface area contributed by atoms with Gasteiger partial charge in [0.15, 0.2) is 17.3 Å². The summed E-state index contributed by atoms with van der Waals surface area (Å²) in [5, 5.41) is 21.4. The van der Waals surface area contributed by atoms with Gasteiger partial charge in [-0.2, -0.15) is 0 Å². The number of hydrogen-bond acceptors (Lipinski definition) is 9. The molecule has 4 N–H and O–H groups in total. The predicted molar refractivity (Wildman–Crippen MR) is 135 cm³/mol. The molecule has 10 heteroatoms. The van der Waals surface area contributed by atoms with Gasteiger partial charge in [-0.1, -0.05) is 36.3 Å². The van der Waals surface area contributed by atoms with Crippen LogP contribution >= 0.6 is 0 Å². The fraction of sp³-hybridized carbons (Fsp3) is 0.385. The highest BCUT2D eigenvalue weighted by Crippen LogP contribution is 2.33. The van der Waals surface area contributed by atoms with E-state index in [0.717, 1.165) is 30.5 Å². The molecule has 4 heterocycles. The molecule has 36 heavy (non-hydrogen) atoms. The van der Waals surface area contributed by atoms with Crippen molar-refractivity contribution in [2.75, 3.05) is 12.3 Å². The van der Waals surface area contributed by atoms with Crippen molar-refractivity contribution in [1.82, 2.24) is 30.2 Å². The summed E-state index contributed by atoms with van der Waals surface area (Å²) < 4.78 is 13.3. The van der Waals surface area contributed by atoms with Crippen LogP contribution < -0.4 is 15.8 Å². The summed E-state index contributed by atoms with van der Waals surface area (Å²) in [5.74, 6) is 6.90. The Balaban J connectivity index is 1.66. The van der Waals surface area contributed by atoms with Crippen LogP contribution in [-0.4, -0.2) is 48.1 Å². The fourth-order valence-corrected chi connectivity index (χ4v) is 4.43. The minimum atomic E-state index is -1.21. The predicted octanol–water partition coefficient (Wildman–Crippen LogP) is 3.08. The minimum absolute atomic E-state index is 0.144. The molecule has 0 saturated carbocycles. The molecule has 1 aromatic carbocycles. The molecule has 0 bridgehead atoms. The Kier molecular flexibility index (Phi) is 6.35. The Morgan fingerprint density at radius 3 is 2.72 bits per heavy atom. The summed E-state index contributed by atoms with van der Waals surface area (Å²) >= 11 is 0. The average molecular weight is 488 g/mol. The molecule has 3 aromatic heterocycles. The van der Waals surface area contributed by atoms with E-state index >= 15 is 0 Å². The Hall–Kier alpha value is -3.94. The molecular weight excluding hydrogens is 458 g/mol. The van der Waals surface area contributed by atoms with Crippen molar-refractivity contribution in [2.24, 2.45) is 0 Å². The van der Waals surface area contributed by atoms with Crippen molar-refractivity contribution in [3.63, 3.8) is 0 Å². The van der Waals surface area contributed by atoms with Crippen molar-refractivity contribution in [3.8, 4) is 29.2 Å². The number of anilines is 1. The number of nitrogens with one attached hydrogen (secondary N) is 1. The van der Waals surface area contributed by atoms with Gasteiger partial charge in [-0.15, -0.1) is 0 Å². The molecule has 0 amide bonds. The lowest BCUT2D eigenvalue weighted by Gasteiger charge is -2.25. The normalized spacial score (nSPS) is 16.6. The molecule has 10 nitrogen and oxygen atoms in total. The van der Waals surface area contributed by atoms with E-state index in [-0.39, 0.29) is 18.0 Å². The van der Waals surface area contributed by atoms with Crippen LogP contribution in [-0.2, 0) is 6.54 Å². The second kappa shape index (κ2) is 9.60. The number of ether oxygens (including phenoxy) is 1. The third kappa shape index (κ3) is 4.76. The topological polar surface area (TPSA) is 137 Å². The molecule has 186 valence electrons. The van der Waals surface area contributed by atoms with Crippen molar-refractivity contribution in [2.45, 2.75) is 57.9 Å². The Bertz CT molecular complexity index is 1420. The number of benzene rings is 1. The van der Waals surface area contributed by atoms with E-state index in [0.29, 0.717) is 35.2 Å². The third-order valence-corrected chi connectivity index (χ3v) is 6.08. The standard InChI is InChI=1S/C26H29N7O3/c1-4-33-19-15-20(35-23(18-11-8-14-28-18)16-9-6-5-7-10-16)29-17(12-13-26(2,3)34)21(19)30-25(33)22-24(27)32-36-31-22/h5-7,9-10,15,18,23,28,34H,4,8,11,14H2,1-3H3,(H2,27,32)/t18-,23+/m1/s1. The minimum Gasteiger partial charge on any atom is -0.468 e. The third-order valence-electron chi connectivity index (χ3n) is 6.08. The maximum Gasteiger partial charge on any atom is 0.217 e. The number of aryl methyl sites for hydroxylation is 1. The number of pyridine rings is 1. The number of nitrogens with two attached hydrogens (primary N) is 1. The zero-order valence-corrected chi connectivity index (χ0v) is 20.5. The number of fused-ring (bicyclic) bond motifs is 1. The monoisotopic (exact) mass is 487 g/mol. The number of hydrogen-bond donors (Lipinski definition) is 3. The van der Waals surface area contributed by atoms with Crippen LogP contribution in [0.15, 0.2) is 41.0 Å². The molecule has 0 aliphatic carbocycles. The number of rotatable bonds is 6. The van der Waals surface area contributed by atoms with Crippen molar-refractivity contribution < 1.29 is 14.5 Å². The largest absolute Gasteiger partial charge is 0.468 e. The van der Waals surface area contributed by atoms with Gasteiger partial charge in [0, 0.05) is 18.7 Å². The number of aromatic nitrogens is 5. The number of nitrogen functional groups attached to an aromatic ring is 1. The Morgan fingerprint density at radius 2 is 2.08 bits per heavy atom. The van der Waals surface area contributed by atoms with E-state index in [4.69, 9.17) is 25.1 Å². The molecule has 4 aromatic rings. The van der Waals surface area contributed by atoms with E-state index in [9.17, 15) is 5.11 Å². The van der Waals surface area contributed by atoms with E-state index in [1.165, 1.54) is 0 Å². The second-order valence-corrected chi connectivity index (χ2v) is 9.32. The second-order valence-electron chi connectivity index (χ2n) is 9.32. The molecule has 0 radical (unpaired) electrons. The highest BCUT2D eigenvalue weighted by Gasteiger charge is 2.29. The molecule has 0 unspecified atom stereocenters. The molecule has 5 rings (SSSR count). The summed E-state index contributed by atoms with van der Waals surface area (Å²) in [6.45, 7) is 6.75. The SMILES string of the molecule is CCn1c(-c2nonc2N)nc2c(C#CC(C)(C)O)nc(O[C@@H](c3ccccc3)[C@H]3CCCN3)cc21. The Labute approximate surface area is 208 Å². The fourth-order valence-electron chi connectivity index (χ4n) is 4.43. The van der Waals surface area contributed by atoms with Gasteiger partial charge in [0.05, 0.1) is 5.52 Å². The molecule has 1 aliphatic rings. The molecule has 2 atom stereocenters. The highest BCUT2D eigenvalue weighted by atomic mass is 16.6. The molecular formula is C26H29N7O3. The summed E-state index contributed by atoms with van der Waals surface area (Å²) in [5.41, 5.74) is 7.87. The van der Waals surface area contributed by atoms with Gasteiger partial charge in [0.2, 0.25) is 5.88 Å². The zero-order valence-electron chi connectivity index (χ0n) is 20.5. The Morgan fingerprint density at radius 1 is 1.28 bits per heavy atom. The maximum atomic E-state index is 10.2. The maximum absolute atomic E-state index is 10.2. The van der Waals surface area contributed by atoms with Gasteiger partial charge in [0.25, 0.3) is 0 Å². The van der Waals surface area contributed by atoms with Crippen molar-refractivity contribution in [3.05, 3.63) is 47.7 Å². The van der Waals surface area contributed by atoms with Crippen LogP contribution in [0.5, 0.6) is 5.88 Å². The van der Waals surface area contributed by atoms with Gasteiger partial charge in [-0.25, -0.2) is 14.6 Å². The molecule has 1 aliphatic heterocycles. The lowest BCUT2D eigenvalue weighted by molar-refractivity contribution is 0.143. The van der Waals surface area contributed by atoms with Crippen LogP contribution in [0.2, 0.25) is 0 Å². The van der Waals surface area contributed by atoms with E-state index in [1.807, 2.05) is 35.8 Å². The number of aliphatic hydroxyl groups is 1. The molecule has 0 spiro atoms. The van der Waals surface area contributed by atoms with Crippen LogP contribution in [0.25, 0.3) is 22.6 Å². The van der Waals surface area contributed by atoms with Crippen LogP contribution in [0.4, 0.5) is 5.82 Å². The van der Waals surface area contributed by atoms with Crippen LogP contribution in [0, 0.1) is 11.8 Å². The quantitative estimate of drug-likeness (QED) is 0.350. The average Bonchev–Trinajstić information content (AvgIpc) is 3.61. The number of nitrogens with zero attached hydrogens (tertiary/aromatic N) is 5. The first-order chi connectivity index (χ1) is 17.3.